The van der Waals surface area contributed by atoms with Gasteiger partial charge in [0.05, 0.1) is 6.61 Å². The number of epoxide rings is 2. The summed E-state index contributed by atoms with van der Waals surface area (Å²) < 4.78 is 21.4. The van der Waals surface area contributed by atoms with E-state index in [0.717, 1.165) is 23.7 Å². The fraction of sp³-hybridized carbons (Fsp3) is 0.300. The Morgan fingerprint density at radius 1 is 1.00 bits per heavy atom. The van der Waals surface area contributed by atoms with Gasteiger partial charge in [-0.3, -0.25) is 0 Å². The van der Waals surface area contributed by atoms with Gasteiger partial charge in [-0.25, -0.2) is 0 Å². The van der Waals surface area contributed by atoms with Crippen LogP contribution in [0, 0.1) is 0 Å². The molecule has 2 atom stereocenters. The summed E-state index contributed by atoms with van der Waals surface area (Å²) in [5.41, 5.74) is 3.52. The average molecular weight is 324 g/mol. The minimum absolute atomic E-state index is 0.0552. The number of allylic oxidation sites excluding steroid dienone is 1. The van der Waals surface area contributed by atoms with Gasteiger partial charge in [0.2, 0.25) is 6.29 Å². The van der Waals surface area contributed by atoms with Crippen molar-refractivity contribution in [3.05, 3.63) is 59.7 Å². The van der Waals surface area contributed by atoms with Crippen LogP contribution in [0.15, 0.2) is 48.5 Å². The molecule has 4 rings (SSSR count). The SMILES string of the molecule is CC(=Cc1ccc(OC2CO2)cc1)c1ccc(OCC2CO2)cc1. The van der Waals surface area contributed by atoms with E-state index in [2.05, 4.69) is 25.1 Å². The summed E-state index contributed by atoms with van der Waals surface area (Å²) in [4.78, 5) is 0. The topological polar surface area (TPSA) is 43.5 Å². The summed E-state index contributed by atoms with van der Waals surface area (Å²) in [5, 5.41) is 0. The van der Waals surface area contributed by atoms with Crippen molar-refractivity contribution in [1.82, 2.24) is 0 Å². The normalized spacial score (nSPS) is 22.1. The maximum atomic E-state index is 5.66. The summed E-state index contributed by atoms with van der Waals surface area (Å²) >= 11 is 0. The molecule has 0 radical (unpaired) electrons. The fourth-order valence-electron chi connectivity index (χ4n) is 2.40. The van der Waals surface area contributed by atoms with E-state index in [0.29, 0.717) is 13.2 Å². The molecule has 2 aliphatic heterocycles. The van der Waals surface area contributed by atoms with Crippen molar-refractivity contribution in [2.45, 2.75) is 19.3 Å². The molecule has 0 aromatic heterocycles. The van der Waals surface area contributed by atoms with Crippen LogP contribution in [-0.2, 0) is 9.47 Å². The molecule has 0 saturated carbocycles. The van der Waals surface area contributed by atoms with Crippen molar-refractivity contribution < 1.29 is 18.9 Å². The first-order valence-electron chi connectivity index (χ1n) is 8.18. The molecule has 2 heterocycles. The van der Waals surface area contributed by atoms with Gasteiger partial charge in [-0.15, -0.1) is 0 Å². The highest BCUT2D eigenvalue weighted by Crippen LogP contribution is 2.24. The van der Waals surface area contributed by atoms with E-state index >= 15 is 0 Å². The van der Waals surface area contributed by atoms with E-state index in [4.69, 9.17) is 18.9 Å². The first-order valence-corrected chi connectivity index (χ1v) is 8.18. The van der Waals surface area contributed by atoms with E-state index < -0.39 is 0 Å². The minimum Gasteiger partial charge on any atom is -0.491 e. The molecule has 2 aromatic rings. The van der Waals surface area contributed by atoms with Gasteiger partial charge in [-0.2, -0.15) is 0 Å². The van der Waals surface area contributed by atoms with Crippen molar-refractivity contribution in [3.63, 3.8) is 0 Å². The molecule has 0 aliphatic carbocycles. The molecule has 0 bridgehead atoms. The molecule has 0 spiro atoms. The number of hydrogen-bond acceptors (Lipinski definition) is 4. The first-order chi connectivity index (χ1) is 11.8. The molecule has 4 nitrogen and oxygen atoms in total. The van der Waals surface area contributed by atoms with Crippen LogP contribution in [0.1, 0.15) is 18.1 Å². The lowest BCUT2D eigenvalue weighted by Crippen LogP contribution is -2.03. The summed E-state index contributed by atoms with van der Waals surface area (Å²) in [6.45, 7) is 4.25. The zero-order valence-electron chi connectivity index (χ0n) is 13.6. The third-order valence-corrected chi connectivity index (χ3v) is 3.98. The van der Waals surface area contributed by atoms with Crippen molar-refractivity contribution >= 4 is 11.6 Å². The van der Waals surface area contributed by atoms with E-state index in [1.165, 1.54) is 11.1 Å². The van der Waals surface area contributed by atoms with Gasteiger partial charge in [0.1, 0.15) is 30.8 Å². The van der Waals surface area contributed by atoms with E-state index in [1.807, 2.05) is 36.4 Å². The largest absolute Gasteiger partial charge is 0.491 e. The molecular formula is C20H20O4. The Morgan fingerprint density at radius 3 is 2.29 bits per heavy atom. The molecule has 2 unspecified atom stereocenters. The van der Waals surface area contributed by atoms with Crippen LogP contribution in [0.25, 0.3) is 11.6 Å². The lowest BCUT2D eigenvalue weighted by molar-refractivity contribution is 0.179. The van der Waals surface area contributed by atoms with Crippen molar-refractivity contribution in [2.75, 3.05) is 19.8 Å². The molecule has 2 aliphatic rings. The third kappa shape index (κ3) is 4.16. The number of ether oxygens (including phenoxy) is 4. The Labute approximate surface area is 141 Å². The van der Waals surface area contributed by atoms with Crippen LogP contribution in [0.3, 0.4) is 0 Å². The number of hydrogen-bond donors (Lipinski definition) is 0. The smallest absolute Gasteiger partial charge is 0.223 e. The standard InChI is InChI=1S/C20H20O4/c1-14(10-15-2-6-18(7-3-15)24-20-13-23-20)16-4-8-17(9-5-16)21-11-19-12-22-19/h2-10,19-20H,11-13H2,1H3. The Kier molecular flexibility index (Phi) is 4.24. The summed E-state index contributed by atoms with van der Waals surface area (Å²) in [6, 6.07) is 16.2. The van der Waals surface area contributed by atoms with Gasteiger partial charge in [0.15, 0.2) is 0 Å². The third-order valence-electron chi connectivity index (χ3n) is 3.98. The molecule has 124 valence electrons. The summed E-state index contributed by atoms with van der Waals surface area (Å²) in [5.74, 6) is 1.72. The number of benzene rings is 2. The van der Waals surface area contributed by atoms with Crippen molar-refractivity contribution in [3.8, 4) is 11.5 Å². The summed E-state index contributed by atoms with van der Waals surface area (Å²) in [6.07, 6.45) is 2.38. The van der Waals surface area contributed by atoms with Crippen LogP contribution in [-0.4, -0.2) is 32.2 Å². The Hall–Kier alpha value is -2.30. The van der Waals surface area contributed by atoms with Gasteiger partial charge in [0.25, 0.3) is 0 Å². The van der Waals surface area contributed by atoms with E-state index in [1.54, 1.807) is 0 Å². The monoisotopic (exact) mass is 324 g/mol. The highest BCUT2D eigenvalue weighted by atomic mass is 16.8. The second-order valence-electron chi connectivity index (χ2n) is 6.07. The highest BCUT2D eigenvalue weighted by Gasteiger charge is 2.24. The lowest BCUT2D eigenvalue weighted by Gasteiger charge is -2.07. The maximum absolute atomic E-state index is 5.66. The molecule has 4 heteroatoms. The Balaban J connectivity index is 1.39. The highest BCUT2D eigenvalue weighted by molar-refractivity contribution is 5.80. The molecule has 2 fully saturated rings. The lowest BCUT2D eigenvalue weighted by atomic mass is 10.0. The molecule has 0 N–H and O–H groups in total. The molecule has 2 saturated heterocycles. The van der Waals surface area contributed by atoms with Crippen LogP contribution in [0.4, 0.5) is 0 Å². The summed E-state index contributed by atoms with van der Waals surface area (Å²) in [7, 11) is 0. The maximum Gasteiger partial charge on any atom is 0.223 e. The van der Waals surface area contributed by atoms with Gasteiger partial charge in [-0.1, -0.05) is 30.3 Å². The van der Waals surface area contributed by atoms with Crippen molar-refractivity contribution in [1.29, 1.82) is 0 Å². The predicted octanol–water partition coefficient (Wildman–Crippen LogP) is 3.76. The van der Waals surface area contributed by atoms with E-state index in [-0.39, 0.29) is 12.4 Å². The molecule has 0 amide bonds. The quantitative estimate of drug-likeness (QED) is 0.574. The van der Waals surface area contributed by atoms with Crippen molar-refractivity contribution in [2.24, 2.45) is 0 Å². The predicted molar refractivity (Wildman–Crippen MR) is 92.0 cm³/mol. The van der Waals surface area contributed by atoms with Gasteiger partial charge < -0.3 is 18.9 Å². The number of rotatable bonds is 7. The second-order valence-corrected chi connectivity index (χ2v) is 6.07. The Morgan fingerprint density at radius 2 is 1.67 bits per heavy atom. The van der Waals surface area contributed by atoms with E-state index in [9.17, 15) is 0 Å². The fourth-order valence-corrected chi connectivity index (χ4v) is 2.40. The molecular weight excluding hydrogens is 304 g/mol. The van der Waals surface area contributed by atoms with Crippen LogP contribution < -0.4 is 9.47 Å². The zero-order chi connectivity index (χ0) is 16.4. The minimum atomic E-state index is -0.0552. The van der Waals surface area contributed by atoms with Gasteiger partial charge in [0, 0.05) is 0 Å². The Bertz CT molecular complexity index is 710. The van der Waals surface area contributed by atoms with Crippen LogP contribution in [0.5, 0.6) is 11.5 Å². The average Bonchev–Trinajstić information content (AvgIpc) is 3.51. The van der Waals surface area contributed by atoms with Gasteiger partial charge >= 0.3 is 0 Å². The van der Waals surface area contributed by atoms with Crippen LogP contribution in [0.2, 0.25) is 0 Å². The molecule has 2 aromatic carbocycles. The zero-order valence-corrected chi connectivity index (χ0v) is 13.6. The first kappa shape index (κ1) is 15.2. The van der Waals surface area contributed by atoms with Gasteiger partial charge in [-0.05, 0) is 47.9 Å². The van der Waals surface area contributed by atoms with Crippen LogP contribution >= 0.6 is 0 Å². The molecule has 24 heavy (non-hydrogen) atoms. The second kappa shape index (κ2) is 6.67.